The van der Waals surface area contributed by atoms with Crippen molar-refractivity contribution in [3.8, 4) is 11.4 Å². The molecule has 1 amide bonds. The molecule has 30 heavy (non-hydrogen) atoms. The van der Waals surface area contributed by atoms with Gasteiger partial charge in [-0.3, -0.25) is 9.36 Å². The summed E-state index contributed by atoms with van der Waals surface area (Å²) >= 11 is 7.45. The molecule has 0 fully saturated rings. The van der Waals surface area contributed by atoms with Gasteiger partial charge in [0.2, 0.25) is 5.91 Å². The highest BCUT2D eigenvalue weighted by Gasteiger charge is 2.28. The van der Waals surface area contributed by atoms with E-state index in [0.717, 1.165) is 17.0 Å². The topological polar surface area (TPSA) is 51.0 Å². The van der Waals surface area contributed by atoms with Gasteiger partial charge in [0, 0.05) is 30.2 Å². The van der Waals surface area contributed by atoms with E-state index in [1.54, 1.807) is 6.08 Å². The zero-order valence-corrected chi connectivity index (χ0v) is 18.7. The normalized spacial score (nSPS) is 11.8. The highest BCUT2D eigenvalue weighted by molar-refractivity contribution is 8.00. The van der Waals surface area contributed by atoms with Crippen molar-refractivity contribution in [2.45, 2.75) is 30.8 Å². The Labute approximate surface area is 186 Å². The molecule has 0 spiro atoms. The van der Waals surface area contributed by atoms with Crippen LogP contribution in [-0.4, -0.2) is 38.7 Å². The lowest BCUT2D eigenvalue weighted by Crippen LogP contribution is -2.34. The number of hydrogen-bond acceptors (Lipinski definition) is 4. The summed E-state index contributed by atoms with van der Waals surface area (Å²) in [5.41, 5.74) is 1.85. The Morgan fingerprint density at radius 1 is 1.13 bits per heavy atom. The third-order valence-corrected chi connectivity index (χ3v) is 6.23. The number of benzene rings is 2. The van der Waals surface area contributed by atoms with Crippen molar-refractivity contribution in [3.05, 3.63) is 77.8 Å². The van der Waals surface area contributed by atoms with Gasteiger partial charge in [-0.25, -0.2) is 0 Å². The van der Waals surface area contributed by atoms with E-state index in [-0.39, 0.29) is 5.91 Å². The lowest BCUT2D eigenvalue weighted by atomic mass is 10.1. The second kappa shape index (κ2) is 10.5. The van der Waals surface area contributed by atoms with Crippen LogP contribution >= 0.6 is 23.4 Å². The quantitative estimate of drug-likeness (QED) is 0.326. The van der Waals surface area contributed by atoms with Crippen LogP contribution in [0.1, 0.15) is 24.7 Å². The molecule has 0 aliphatic rings. The Morgan fingerprint density at radius 3 is 2.40 bits per heavy atom. The van der Waals surface area contributed by atoms with Gasteiger partial charge < -0.3 is 4.90 Å². The molecule has 0 saturated carbocycles. The smallest absolute Gasteiger partial charge is 0.240 e. The molecule has 0 aliphatic carbocycles. The van der Waals surface area contributed by atoms with E-state index in [1.807, 2.05) is 77.9 Å². The Kier molecular flexibility index (Phi) is 7.71. The molecule has 1 heterocycles. The molecule has 0 saturated heterocycles. The van der Waals surface area contributed by atoms with Crippen molar-refractivity contribution in [3.63, 3.8) is 0 Å². The van der Waals surface area contributed by atoms with Gasteiger partial charge in [0.1, 0.15) is 5.25 Å². The van der Waals surface area contributed by atoms with Gasteiger partial charge >= 0.3 is 0 Å². The van der Waals surface area contributed by atoms with E-state index in [1.165, 1.54) is 11.8 Å². The first-order valence-corrected chi connectivity index (χ1v) is 11.1. The molecule has 0 unspecified atom stereocenters. The number of hydrogen-bond donors (Lipinski definition) is 0. The second-order valence-electron chi connectivity index (χ2n) is 6.63. The van der Waals surface area contributed by atoms with Crippen LogP contribution < -0.4 is 0 Å². The lowest BCUT2D eigenvalue weighted by Gasteiger charge is -2.25. The van der Waals surface area contributed by atoms with Crippen LogP contribution in [-0.2, 0) is 11.3 Å². The number of halogens is 1. The highest BCUT2D eigenvalue weighted by Crippen LogP contribution is 2.37. The van der Waals surface area contributed by atoms with Crippen molar-refractivity contribution in [2.75, 3.05) is 13.1 Å². The van der Waals surface area contributed by atoms with Crippen molar-refractivity contribution < 1.29 is 4.79 Å². The van der Waals surface area contributed by atoms with Gasteiger partial charge in [0.25, 0.3) is 0 Å². The molecule has 0 radical (unpaired) electrons. The number of thioether (sulfide) groups is 1. The number of carbonyl (C=O) groups excluding carboxylic acids is 1. The first-order chi connectivity index (χ1) is 14.6. The minimum atomic E-state index is -0.406. The van der Waals surface area contributed by atoms with Crippen LogP contribution in [0.15, 0.2) is 72.4 Å². The Morgan fingerprint density at radius 2 is 1.80 bits per heavy atom. The summed E-state index contributed by atoms with van der Waals surface area (Å²) in [6.07, 6.45) is 1.80. The number of allylic oxidation sites excluding steroid dienone is 1. The summed E-state index contributed by atoms with van der Waals surface area (Å²) < 4.78 is 1.98. The maximum absolute atomic E-state index is 13.3. The fraction of sp³-hybridized carbons (Fsp3) is 0.261. The molecule has 7 heteroatoms. The molecule has 5 nitrogen and oxygen atoms in total. The van der Waals surface area contributed by atoms with Crippen LogP contribution in [0.4, 0.5) is 0 Å². The first kappa shape index (κ1) is 22.1. The SMILES string of the molecule is C=CCn1c(S[C@@H](C(=O)N(CC)CC)c2ccccc2)nnc1-c1ccc(Cl)cc1. The van der Waals surface area contributed by atoms with Crippen LogP contribution in [0.5, 0.6) is 0 Å². The zero-order chi connectivity index (χ0) is 21.5. The molecule has 156 valence electrons. The second-order valence-corrected chi connectivity index (χ2v) is 8.14. The Balaban J connectivity index is 2.00. The predicted molar refractivity (Wildman–Crippen MR) is 124 cm³/mol. The van der Waals surface area contributed by atoms with E-state index < -0.39 is 5.25 Å². The first-order valence-electron chi connectivity index (χ1n) is 9.89. The predicted octanol–water partition coefficient (Wildman–Crippen LogP) is 5.49. The average molecular weight is 441 g/mol. The standard InChI is InChI=1S/C23H25ClN4OS/c1-4-16-28-21(18-12-14-19(24)15-13-18)25-26-23(28)30-20(17-10-8-7-9-11-17)22(29)27(5-2)6-3/h4,7-15,20H,1,5-6,16H2,2-3H3/t20-/m1/s1. The molecular formula is C23H25ClN4OS. The maximum atomic E-state index is 13.3. The molecule has 3 rings (SSSR count). The van der Waals surface area contributed by atoms with Gasteiger partial charge in [0.05, 0.1) is 0 Å². The van der Waals surface area contributed by atoms with Crippen LogP contribution in [0.25, 0.3) is 11.4 Å². The average Bonchev–Trinajstić information content (AvgIpc) is 3.16. The largest absolute Gasteiger partial charge is 0.342 e. The molecule has 1 aromatic heterocycles. The van der Waals surface area contributed by atoms with Crippen molar-refractivity contribution in [1.82, 2.24) is 19.7 Å². The third kappa shape index (κ3) is 4.94. The minimum absolute atomic E-state index is 0.0670. The molecular weight excluding hydrogens is 416 g/mol. The van der Waals surface area contributed by atoms with E-state index in [2.05, 4.69) is 16.8 Å². The van der Waals surface area contributed by atoms with E-state index in [0.29, 0.717) is 29.8 Å². The molecule has 1 atom stereocenters. The van der Waals surface area contributed by atoms with E-state index >= 15 is 0 Å². The summed E-state index contributed by atoms with van der Waals surface area (Å²) in [4.78, 5) is 15.2. The summed E-state index contributed by atoms with van der Waals surface area (Å²) in [5, 5.41) is 9.75. The molecule has 3 aromatic rings. The fourth-order valence-corrected chi connectivity index (χ4v) is 4.43. The van der Waals surface area contributed by atoms with E-state index in [9.17, 15) is 4.79 Å². The van der Waals surface area contributed by atoms with E-state index in [4.69, 9.17) is 11.6 Å². The summed E-state index contributed by atoms with van der Waals surface area (Å²) in [7, 11) is 0. The van der Waals surface area contributed by atoms with Gasteiger partial charge in [-0.1, -0.05) is 59.8 Å². The Hall–Kier alpha value is -2.57. The Bertz CT molecular complexity index is 984. The molecule has 2 aromatic carbocycles. The zero-order valence-electron chi connectivity index (χ0n) is 17.2. The number of amides is 1. The molecule has 0 N–H and O–H groups in total. The fourth-order valence-electron chi connectivity index (χ4n) is 3.18. The number of aromatic nitrogens is 3. The highest BCUT2D eigenvalue weighted by atomic mass is 35.5. The number of likely N-dealkylation sites (N-methyl/N-ethyl adjacent to an activating group) is 1. The molecule has 0 bridgehead atoms. The monoisotopic (exact) mass is 440 g/mol. The van der Waals surface area contributed by atoms with Gasteiger partial charge in [0.15, 0.2) is 11.0 Å². The van der Waals surface area contributed by atoms with Crippen molar-refractivity contribution in [2.24, 2.45) is 0 Å². The summed E-state index contributed by atoms with van der Waals surface area (Å²) in [6.45, 7) is 9.72. The van der Waals surface area contributed by atoms with Crippen LogP contribution in [0, 0.1) is 0 Å². The number of rotatable bonds is 9. The van der Waals surface area contributed by atoms with Crippen molar-refractivity contribution >= 4 is 29.3 Å². The summed E-state index contributed by atoms with van der Waals surface area (Å²) in [6, 6.07) is 17.3. The lowest BCUT2D eigenvalue weighted by molar-refractivity contribution is -0.130. The number of carbonyl (C=O) groups is 1. The van der Waals surface area contributed by atoms with Gasteiger partial charge in [-0.2, -0.15) is 0 Å². The third-order valence-electron chi connectivity index (χ3n) is 4.76. The van der Waals surface area contributed by atoms with Crippen LogP contribution in [0.3, 0.4) is 0 Å². The minimum Gasteiger partial charge on any atom is -0.342 e. The van der Waals surface area contributed by atoms with Crippen LogP contribution in [0.2, 0.25) is 5.02 Å². The summed E-state index contributed by atoms with van der Waals surface area (Å²) in [5.74, 6) is 0.786. The molecule has 0 aliphatic heterocycles. The van der Waals surface area contributed by atoms with Gasteiger partial charge in [-0.05, 0) is 43.7 Å². The maximum Gasteiger partial charge on any atom is 0.240 e. The van der Waals surface area contributed by atoms with Gasteiger partial charge in [-0.15, -0.1) is 16.8 Å². The number of nitrogens with zero attached hydrogens (tertiary/aromatic N) is 4. The van der Waals surface area contributed by atoms with Crippen molar-refractivity contribution in [1.29, 1.82) is 0 Å².